The van der Waals surface area contributed by atoms with Gasteiger partial charge in [0.15, 0.2) is 0 Å². The zero-order chi connectivity index (χ0) is 17.8. The molecule has 6 nitrogen and oxygen atoms in total. The summed E-state index contributed by atoms with van der Waals surface area (Å²) in [6, 6.07) is 10.0. The largest absolute Gasteiger partial charge is 0.372 e. The highest BCUT2D eigenvalue weighted by Gasteiger charge is 2.19. The number of nitrogens with zero attached hydrogens (tertiary/aromatic N) is 4. The van der Waals surface area contributed by atoms with Crippen molar-refractivity contribution in [2.75, 3.05) is 36.4 Å². The number of aromatic nitrogens is 2. The van der Waals surface area contributed by atoms with E-state index in [4.69, 9.17) is 0 Å². The number of anilines is 3. The fraction of sp³-hybridized carbons (Fsp3) is 0.450. The van der Waals surface area contributed by atoms with Crippen molar-refractivity contribution in [2.24, 2.45) is 0 Å². The summed E-state index contributed by atoms with van der Waals surface area (Å²) in [7, 11) is 0. The van der Waals surface area contributed by atoms with Crippen LogP contribution in [0.3, 0.4) is 0 Å². The molecule has 2 aliphatic rings. The Hall–Kier alpha value is -2.63. The number of hydrogen-bond donors (Lipinski definition) is 1. The van der Waals surface area contributed by atoms with Gasteiger partial charge in [0.25, 0.3) is 5.91 Å². The van der Waals surface area contributed by atoms with E-state index in [1.54, 1.807) is 12.3 Å². The molecule has 0 bridgehead atoms. The maximum absolute atomic E-state index is 12.6. The molecule has 2 aliphatic heterocycles. The Bertz CT molecular complexity index is 749. The van der Waals surface area contributed by atoms with E-state index in [-0.39, 0.29) is 5.91 Å². The minimum Gasteiger partial charge on any atom is -0.372 e. The first-order valence-electron chi connectivity index (χ1n) is 9.54. The second kappa shape index (κ2) is 7.72. The summed E-state index contributed by atoms with van der Waals surface area (Å²) in [5.41, 5.74) is 2.64. The Morgan fingerprint density at radius 2 is 1.58 bits per heavy atom. The summed E-state index contributed by atoms with van der Waals surface area (Å²) in [6.07, 6.45) is 7.53. The normalized spacial score (nSPS) is 17.4. The van der Waals surface area contributed by atoms with Crippen LogP contribution in [0.4, 0.5) is 17.3 Å². The molecule has 3 heterocycles. The van der Waals surface area contributed by atoms with Gasteiger partial charge >= 0.3 is 0 Å². The van der Waals surface area contributed by atoms with Gasteiger partial charge in [-0.1, -0.05) is 0 Å². The average molecular weight is 351 g/mol. The third-order valence-electron chi connectivity index (χ3n) is 5.11. The molecule has 2 fully saturated rings. The number of carbonyl (C=O) groups is 1. The molecule has 6 heteroatoms. The molecule has 2 aromatic rings. The first kappa shape index (κ1) is 16.8. The van der Waals surface area contributed by atoms with Gasteiger partial charge in [-0.15, -0.1) is 0 Å². The van der Waals surface area contributed by atoms with E-state index in [2.05, 4.69) is 32.3 Å². The van der Waals surface area contributed by atoms with Crippen LogP contribution in [0, 0.1) is 0 Å². The number of hydrogen-bond acceptors (Lipinski definition) is 5. The van der Waals surface area contributed by atoms with Crippen LogP contribution in [-0.4, -0.2) is 47.0 Å². The molecule has 0 aliphatic carbocycles. The fourth-order valence-electron chi connectivity index (χ4n) is 3.66. The van der Waals surface area contributed by atoms with Crippen LogP contribution in [-0.2, 0) is 0 Å². The number of piperidine rings is 1. The van der Waals surface area contributed by atoms with E-state index in [0.29, 0.717) is 11.6 Å². The van der Waals surface area contributed by atoms with Gasteiger partial charge in [0, 0.05) is 43.8 Å². The molecule has 2 saturated heterocycles. The van der Waals surface area contributed by atoms with E-state index < -0.39 is 0 Å². The van der Waals surface area contributed by atoms with E-state index in [1.165, 1.54) is 24.9 Å². The minimum atomic E-state index is -0.000434. The van der Waals surface area contributed by atoms with Crippen LogP contribution in [0.2, 0.25) is 0 Å². The van der Waals surface area contributed by atoms with Crippen molar-refractivity contribution in [1.82, 2.24) is 14.9 Å². The standard InChI is InChI=1S/C20H25N5O/c26-19(25-14-2-1-3-15-25)18-10-11-21-20(23-18)22-16-6-8-17(9-7-16)24-12-4-5-13-24/h6-11H,1-5,12-15H2,(H,21,22,23). The van der Waals surface area contributed by atoms with E-state index in [9.17, 15) is 4.79 Å². The summed E-state index contributed by atoms with van der Waals surface area (Å²) in [5, 5.41) is 3.21. The highest BCUT2D eigenvalue weighted by atomic mass is 16.2. The van der Waals surface area contributed by atoms with Gasteiger partial charge in [-0.05, 0) is 62.4 Å². The fourth-order valence-corrected chi connectivity index (χ4v) is 3.66. The number of carbonyl (C=O) groups excluding carboxylic acids is 1. The lowest BCUT2D eigenvalue weighted by molar-refractivity contribution is 0.0718. The smallest absolute Gasteiger partial charge is 0.272 e. The molecule has 136 valence electrons. The predicted molar refractivity (Wildman–Crippen MR) is 103 cm³/mol. The summed E-state index contributed by atoms with van der Waals surface area (Å²) < 4.78 is 0. The van der Waals surface area contributed by atoms with Gasteiger partial charge in [-0.25, -0.2) is 9.97 Å². The predicted octanol–water partition coefficient (Wildman–Crippen LogP) is 3.45. The minimum absolute atomic E-state index is 0.000434. The molecule has 4 rings (SSSR count). The van der Waals surface area contributed by atoms with Crippen LogP contribution in [0.5, 0.6) is 0 Å². The first-order valence-corrected chi connectivity index (χ1v) is 9.54. The van der Waals surface area contributed by atoms with Crippen LogP contribution in [0.1, 0.15) is 42.6 Å². The third kappa shape index (κ3) is 3.79. The molecule has 1 amide bonds. The lowest BCUT2D eigenvalue weighted by Gasteiger charge is -2.26. The SMILES string of the molecule is O=C(c1ccnc(Nc2ccc(N3CCCC3)cc2)n1)N1CCCCC1. The van der Waals surface area contributed by atoms with Gasteiger partial charge in [0.1, 0.15) is 5.69 Å². The zero-order valence-electron chi connectivity index (χ0n) is 15.0. The summed E-state index contributed by atoms with van der Waals surface area (Å²) >= 11 is 0. The molecular weight excluding hydrogens is 326 g/mol. The van der Waals surface area contributed by atoms with Crippen LogP contribution in [0.15, 0.2) is 36.5 Å². The van der Waals surface area contributed by atoms with Gasteiger partial charge in [-0.3, -0.25) is 4.79 Å². The maximum atomic E-state index is 12.6. The van der Waals surface area contributed by atoms with Crippen molar-refractivity contribution in [1.29, 1.82) is 0 Å². The number of nitrogens with one attached hydrogen (secondary N) is 1. The van der Waals surface area contributed by atoms with Crippen molar-refractivity contribution in [3.63, 3.8) is 0 Å². The molecule has 0 atom stereocenters. The molecule has 0 saturated carbocycles. The topological polar surface area (TPSA) is 61.4 Å². The van der Waals surface area contributed by atoms with Crippen molar-refractivity contribution in [3.8, 4) is 0 Å². The Morgan fingerprint density at radius 3 is 2.31 bits per heavy atom. The summed E-state index contributed by atoms with van der Waals surface area (Å²) in [6.45, 7) is 3.92. The molecule has 26 heavy (non-hydrogen) atoms. The molecule has 0 radical (unpaired) electrons. The van der Waals surface area contributed by atoms with E-state index in [1.807, 2.05) is 17.0 Å². The van der Waals surface area contributed by atoms with Gasteiger partial charge in [-0.2, -0.15) is 0 Å². The van der Waals surface area contributed by atoms with Crippen LogP contribution >= 0.6 is 0 Å². The van der Waals surface area contributed by atoms with Crippen molar-refractivity contribution < 1.29 is 4.79 Å². The second-order valence-corrected chi connectivity index (χ2v) is 6.98. The van der Waals surface area contributed by atoms with Gasteiger partial charge < -0.3 is 15.1 Å². The highest BCUT2D eigenvalue weighted by Crippen LogP contribution is 2.23. The second-order valence-electron chi connectivity index (χ2n) is 6.98. The number of benzene rings is 1. The monoisotopic (exact) mass is 351 g/mol. The number of amides is 1. The summed E-state index contributed by atoms with van der Waals surface area (Å²) in [4.78, 5) is 25.6. The lowest BCUT2D eigenvalue weighted by Crippen LogP contribution is -2.36. The van der Waals surface area contributed by atoms with Crippen LogP contribution < -0.4 is 10.2 Å². The Labute approximate surface area is 154 Å². The van der Waals surface area contributed by atoms with Gasteiger partial charge in [0.05, 0.1) is 0 Å². The van der Waals surface area contributed by atoms with E-state index in [0.717, 1.165) is 44.7 Å². The average Bonchev–Trinajstić information content (AvgIpc) is 3.24. The quantitative estimate of drug-likeness (QED) is 0.914. The molecule has 0 spiro atoms. The van der Waals surface area contributed by atoms with Crippen molar-refractivity contribution in [2.45, 2.75) is 32.1 Å². The molecule has 1 aromatic carbocycles. The van der Waals surface area contributed by atoms with E-state index >= 15 is 0 Å². The Morgan fingerprint density at radius 1 is 0.885 bits per heavy atom. The molecule has 1 aromatic heterocycles. The number of likely N-dealkylation sites (tertiary alicyclic amines) is 1. The Kier molecular flexibility index (Phi) is 5.00. The third-order valence-corrected chi connectivity index (χ3v) is 5.11. The Balaban J connectivity index is 1.44. The first-order chi connectivity index (χ1) is 12.8. The van der Waals surface area contributed by atoms with Gasteiger partial charge in [0.2, 0.25) is 5.95 Å². The molecular formula is C20H25N5O. The molecule has 1 N–H and O–H groups in total. The molecule has 0 unspecified atom stereocenters. The highest BCUT2D eigenvalue weighted by molar-refractivity contribution is 5.92. The number of rotatable bonds is 4. The maximum Gasteiger partial charge on any atom is 0.272 e. The van der Waals surface area contributed by atoms with Crippen molar-refractivity contribution >= 4 is 23.2 Å². The lowest BCUT2D eigenvalue weighted by atomic mass is 10.1. The zero-order valence-corrected chi connectivity index (χ0v) is 15.0. The van der Waals surface area contributed by atoms with Crippen LogP contribution in [0.25, 0.3) is 0 Å². The summed E-state index contributed by atoms with van der Waals surface area (Å²) in [5.74, 6) is 0.460. The van der Waals surface area contributed by atoms with Crippen molar-refractivity contribution in [3.05, 3.63) is 42.2 Å².